The number of phenolic OH excluding ortho intramolecular Hbond substituents is 2. The third-order valence-corrected chi connectivity index (χ3v) is 3.43. The number of hydrogen-bond donors (Lipinski definition) is 2. The van der Waals surface area contributed by atoms with Gasteiger partial charge in [0.15, 0.2) is 5.43 Å². The van der Waals surface area contributed by atoms with Crippen LogP contribution in [0.25, 0.3) is 22.3 Å². The lowest BCUT2D eigenvalue weighted by molar-refractivity contribution is 0.394. The van der Waals surface area contributed by atoms with Crippen LogP contribution in [0.4, 0.5) is 0 Å². The van der Waals surface area contributed by atoms with E-state index >= 15 is 0 Å². The standard InChI is InChI=1S/C17H14O6/c1-21-11-3-9(4-12(7-11)22-2)15-8-14(20)17-13(19)5-10(18)6-16(17)23-15/h3-8,18-19H,1-2H3. The highest BCUT2D eigenvalue weighted by atomic mass is 16.5. The van der Waals surface area contributed by atoms with Gasteiger partial charge in [0.1, 0.15) is 39.7 Å². The van der Waals surface area contributed by atoms with E-state index in [-0.39, 0.29) is 28.2 Å². The number of benzene rings is 2. The molecule has 0 bridgehead atoms. The van der Waals surface area contributed by atoms with Crippen LogP contribution in [0.1, 0.15) is 0 Å². The van der Waals surface area contributed by atoms with Gasteiger partial charge in [-0.3, -0.25) is 4.79 Å². The summed E-state index contributed by atoms with van der Waals surface area (Å²) in [7, 11) is 3.04. The molecule has 0 atom stereocenters. The minimum absolute atomic E-state index is 0.0152. The van der Waals surface area contributed by atoms with Crippen molar-refractivity contribution in [2.45, 2.75) is 0 Å². The predicted octanol–water partition coefficient (Wildman–Crippen LogP) is 2.89. The van der Waals surface area contributed by atoms with E-state index in [4.69, 9.17) is 13.9 Å². The van der Waals surface area contributed by atoms with Crippen molar-refractivity contribution in [1.82, 2.24) is 0 Å². The molecular formula is C17H14O6. The van der Waals surface area contributed by atoms with Gasteiger partial charge in [0.05, 0.1) is 14.2 Å². The first-order valence-corrected chi connectivity index (χ1v) is 6.75. The van der Waals surface area contributed by atoms with Gasteiger partial charge in [-0.2, -0.15) is 0 Å². The fourth-order valence-corrected chi connectivity index (χ4v) is 2.35. The molecule has 3 rings (SSSR count). The van der Waals surface area contributed by atoms with Crippen molar-refractivity contribution < 1.29 is 24.1 Å². The van der Waals surface area contributed by atoms with E-state index in [1.807, 2.05) is 0 Å². The van der Waals surface area contributed by atoms with Gasteiger partial charge in [-0.25, -0.2) is 0 Å². The molecule has 0 aliphatic carbocycles. The molecule has 2 N–H and O–H groups in total. The topological polar surface area (TPSA) is 89.1 Å². The van der Waals surface area contributed by atoms with Crippen LogP contribution in [0.5, 0.6) is 23.0 Å². The Morgan fingerprint density at radius 2 is 1.57 bits per heavy atom. The highest BCUT2D eigenvalue weighted by Gasteiger charge is 2.13. The van der Waals surface area contributed by atoms with Crippen LogP contribution in [0.15, 0.2) is 45.6 Å². The molecule has 0 saturated heterocycles. The maximum absolute atomic E-state index is 12.2. The second kappa shape index (κ2) is 5.57. The highest BCUT2D eigenvalue weighted by Crippen LogP contribution is 2.33. The first-order chi connectivity index (χ1) is 11.0. The normalized spacial score (nSPS) is 10.7. The van der Waals surface area contributed by atoms with Crippen molar-refractivity contribution in [3.63, 3.8) is 0 Å². The van der Waals surface area contributed by atoms with Gasteiger partial charge in [0.2, 0.25) is 0 Å². The monoisotopic (exact) mass is 314 g/mol. The molecular weight excluding hydrogens is 300 g/mol. The Labute approximate surface area is 131 Å². The summed E-state index contributed by atoms with van der Waals surface area (Å²) in [4.78, 5) is 12.2. The quantitative estimate of drug-likeness (QED) is 0.772. The first-order valence-electron chi connectivity index (χ1n) is 6.75. The molecule has 2 aromatic carbocycles. The molecule has 6 nitrogen and oxygen atoms in total. The van der Waals surface area contributed by atoms with E-state index in [9.17, 15) is 15.0 Å². The second-order valence-electron chi connectivity index (χ2n) is 4.91. The third-order valence-electron chi connectivity index (χ3n) is 3.43. The summed E-state index contributed by atoms with van der Waals surface area (Å²) in [6.07, 6.45) is 0. The molecule has 0 spiro atoms. The van der Waals surface area contributed by atoms with Gasteiger partial charge in [-0.15, -0.1) is 0 Å². The van der Waals surface area contributed by atoms with E-state index in [0.717, 1.165) is 6.07 Å². The zero-order chi connectivity index (χ0) is 16.6. The Morgan fingerprint density at radius 3 is 2.17 bits per heavy atom. The van der Waals surface area contributed by atoms with Crippen molar-refractivity contribution in [2.75, 3.05) is 14.2 Å². The van der Waals surface area contributed by atoms with E-state index in [1.54, 1.807) is 18.2 Å². The first kappa shape index (κ1) is 14.8. The van der Waals surface area contributed by atoms with Crippen molar-refractivity contribution in [2.24, 2.45) is 0 Å². The van der Waals surface area contributed by atoms with Crippen LogP contribution in [0.3, 0.4) is 0 Å². The molecule has 6 heteroatoms. The maximum atomic E-state index is 12.2. The van der Waals surface area contributed by atoms with Crippen LogP contribution in [-0.4, -0.2) is 24.4 Å². The van der Waals surface area contributed by atoms with Crippen molar-refractivity contribution in [3.8, 4) is 34.3 Å². The molecule has 0 aliphatic heterocycles. The summed E-state index contributed by atoms with van der Waals surface area (Å²) in [5.74, 6) is 0.827. The lowest BCUT2D eigenvalue weighted by Crippen LogP contribution is -2.01. The van der Waals surface area contributed by atoms with Crippen LogP contribution < -0.4 is 14.9 Å². The molecule has 1 heterocycles. The Hall–Kier alpha value is -3.15. The molecule has 1 aromatic heterocycles. The highest BCUT2D eigenvalue weighted by molar-refractivity contribution is 5.86. The Balaban J connectivity index is 2.27. The molecule has 0 unspecified atom stereocenters. The summed E-state index contributed by atoms with van der Waals surface area (Å²) in [5, 5.41) is 19.4. The van der Waals surface area contributed by atoms with Crippen LogP contribution in [0.2, 0.25) is 0 Å². The zero-order valence-corrected chi connectivity index (χ0v) is 12.5. The van der Waals surface area contributed by atoms with E-state index in [1.165, 1.54) is 26.4 Å². The number of fused-ring (bicyclic) bond motifs is 1. The molecule has 0 amide bonds. The summed E-state index contributed by atoms with van der Waals surface area (Å²) in [6.45, 7) is 0. The van der Waals surface area contributed by atoms with Crippen molar-refractivity contribution >= 4 is 11.0 Å². The molecule has 118 valence electrons. The van der Waals surface area contributed by atoms with Gasteiger partial charge in [-0.05, 0) is 12.1 Å². The second-order valence-corrected chi connectivity index (χ2v) is 4.91. The predicted molar refractivity (Wildman–Crippen MR) is 84.4 cm³/mol. The number of hydrogen-bond acceptors (Lipinski definition) is 6. The van der Waals surface area contributed by atoms with Gasteiger partial charge in [0.25, 0.3) is 0 Å². The average Bonchev–Trinajstić information content (AvgIpc) is 2.53. The van der Waals surface area contributed by atoms with Gasteiger partial charge in [-0.1, -0.05) is 0 Å². The number of rotatable bonds is 3. The number of phenols is 2. The fraction of sp³-hybridized carbons (Fsp3) is 0.118. The number of aromatic hydroxyl groups is 2. The van der Waals surface area contributed by atoms with Crippen molar-refractivity contribution in [1.29, 1.82) is 0 Å². The summed E-state index contributed by atoms with van der Waals surface area (Å²) >= 11 is 0. The molecule has 3 aromatic rings. The summed E-state index contributed by atoms with van der Waals surface area (Å²) in [5.41, 5.74) is 0.246. The molecule has 0 saturated carbocycles. The van der Waals surface area contributed by atoms with Gasteiger partial charge < -0.3 is 24.1 Å². The minimum atomic E-state index is -0.416. The lowest BCUT2D eigenvalue weighted by atomic mass is 10.1. The van der Waals surface area contributed by atoms with Crippen LogP contribution >= 0.6 is 0 Å². The Bertz CT molecular complexity index is 919. The average molecular weight is 314 g/mol. The largest absolute Gasteiger partial charge is 0.508 e. The molecule has 23 heavy (non-hydrogen) atoms. The smallest absolute Gasteiger partial charge is 0.197 e. The maximum Gasteiger partial charge on any atom is 0.197 e. The van der Waals surface area contributed by atoms with Gasteiger partial charge >= 0.3 is 0 Å². The minimum Gasteiger partial charge on any atom is -0.508 e. The zero-order valence-electron chi connectivity index (χ0n) is 12.5. The third kappa shape index (κ3) is 2.66. The lowest BCUT2D eigenvalue weighted by Gasteiger charge is -2.09. The van der Waals surface area contributed by atoms with E-state index in [2.05, 4.69) is 0 Å². The SMILES string of the molecule is COc1cc(OC)cc(-c2cc(=O)c3c(O)cc(O)cc3o2)c1. The van der Waals surface area contributed by atoms with Crippen molar-refractivity contribution in [3.05, 3.63) is 46.6 Å². The Morgan fingerprint density at radius 1 is 0.913 bits per heavy atom. The Kier molecular flexibility index (Phi) is 3.57. The molecule has 0 fully saturated rings. The summed E-state index contributed by atoms with van der Waals surface area (Å²) in [6, 6.07) is 8.71. The van der Waals surface area contributed by atoms with Gasteiger partial charge in [0, 0.05) is 29.8 Å². The fourth-order valence-electron chi connectivity index (χ4n) is 2.35. The molecule has 0 aliphatic rings. The number of methoxy groups -OCH3 is 2. The van der Waals surface area contributed by atoms with Crippen LogP contribution in [0, 0.1) is 0 Å². The summed E-state index contributed by atoms with van der Waals surface area (Å²) < 4.78 is 16.0. The number of ether oxygens (including phenoxy) is 2. The van der Waals surface area contributed by atoms with Crippen LogP contribution in [-0.2, 0) is 0 Å². The molecule has 0 radical (unpaired) electrons. The van der Waals surface area contributed by atoms with E-state index < -0.39 is 5.43 Å². The van der Waals surface area contributed by atoms with E-state index in [0.29, 0.717) is 17.1 Å².